The number of aromatic carboxylic acids is 1. The van der Waals surface area contributed by atoms with Gasteiger partial charge < -0.3 is 19.8 Å². The van der Waals surface area contributed by atoms with Crippen LogP contribution in [0.5, 0.6) is 0 Å². The molecule has 6 heteroatoms. The van der Waals surface area contributed by atoms with Crippen molar-refractivity contribution in [3.8, 4) is 0 Å². The molecule has 2 heterocycles. The first-order valence-electron chi connectivity index (χ1n) is 3.88. The van der Waals surface area contributed by atoms with Gasteiger partial charge in [0.1, 0.15) is 5.69 Å². The molecule has 6 nitrogen and oxygen atoms in total. The van der Waals surface area contributed by atoms with Crippen LogP contribution in [0.25, 0.3) is 0 Å². The van der Waals surface area contributed by atoms with E-state index in [1.165, 1.54) is 0 Å². The maximum atomic E-state index is 10.6. The monoisotopic (exact) mass is 183 g/mol. The lowest BCUT2D eigenvalue weighted by molar-refractivity contribution is 0.0653. The molecule has 1 aliphatic heterocycles. The Labute approximate surface area is 74.1 Å². The molecule has 0 radical (unpaired) electrons. The molecule has 0 aliphatic carbocycles. The van der Waals surface area contributed by atoms with Crippen LogP contribution in [0.2, 0.25) is 0 Å². The molecule has 1 aromatic heterocycles. The number of nitrogens with one attached hydrogen (secondary N) is 1. The minimum absolute atomic E-state index is 0.124. The fraction of sp³-hybridized carbons (Fsp3) is 0.429. The van der Waals surface area contributed by atoms with E-state index in [0.29, 0.717) is 18.1 Å². The van der Waals surface area contributed by atoms with Crippen LogP contribution in [0.1, 0.15) is 10.6 Å². The summed E-state index contributed by atoms with van der Waals surface area (Å²) in [7, 11) is 1.84. The molecular formula is C7H9N3O3. The second kappa shape index (κ2) is 2.65. The van der Waals surface area contributed by atoms with Crippen molar-refractivity contribution < 1.29 is 14.4 Å². The molecule has 2 N–H and O–H groups in total. The molecule has 0 atom stereocenters. The standard InChI is InChI=1S/C7H9N3O3/c1-10-3-2-8-4-5(7(11)12)13-9-6(4)10/h8H,2-3H2,1H3,(H,11,12). The van der Waals surface area contributed by atoms with Crippen molar-refractivity contribution in [1.82, 2.24) is 5.16 Å². The molecule has 1 aromatic rings. The molecule has 0 unspecified atom stereocenters. The fourth-order valence-electron chi connectivity index (χ4n) is 1.30. The fourth-order valence-corrected chi connectivity index (χ4v) is 1.30. The first-order chi connectivity index (χ1) is 6.20. The highest BCUT2D eigenvalue weighted by Crippen LogP contribution is 2.30. The van der Waals surface area contributed by atoms with Gasteiger partial charge in [-0.05, 0) is 0 Å². The lowest BCUT2D eigenvalue weighted by Gasteiger charge is -2.22. The van der Waals surface area contributed by atoms with Gasteiger partial charge in [0.05, 0.1) is 0 Å². The van der Waals surface area contributed by atoms with Crippen molar-refractivity contribution in [2.75, 3.05) is 30.4 Å². The van der Waals surface area contributed by atoms with Gasteiger partial charge in [-0.3, -0.25) is 0 Å². The lowest BCUT2D eigenvalue weighted by atomic mass is 10.3. The van der Waals surface area contributed by atoms with E-state index in [4.69, 9.17) is 9.63 Å². The number of aromatic nitrogens is 1. The van der Waals surface area contributed by atoms with Crippen molar-refractivity contribution in [1.29, 1.82) is 0 Å². The second-order valence-electron chi connectivity index (χ2n) is 2.86. The summed E-state index contributed by atoms with van der Waals surface area (Å²) < 4.78 is 4.70. The zero-order valence-corrected chi connectivity index (χ0v) is 7.07. The van der Waals surface area contributed by atoms with Gasteiger partial charge in [0.2, 0.25) is 0 Å². The smallest absolute Gasteiger partial charge is 0.377 e. The number of carboxylic acid groups (broad SMARTS) is 1. The van der Waals surface area contributed by atoms with E-state index < -0.39 is 5.97 Å². The maximum absolute atomic E-state index is 10.6. The van der Waals surface area contributed by atoms with Crippen LogP contribution < -0.4 is 10.2 Å². The van der Waals surface area contributed by atoms with Crippen LogP contribution in [-0.2, 0) is 0 Å². The summed E-state index contributed by atoms with van der Waals surface area (Å²) >= 11 is 0. The Bertz CT molecular complexity index is 347. The summed E-state index contributed by atoms with van der Waals surface area (Å²) in [5.41, 5.74) is 0.473. The summed E-state index contributed by atoms with van der Waals surface area (Å²) in [6, 6.07) is 0. The summed E-state index contributed by atoms with van der Waals surface area (Å²) in [6.45, 7) is 1.49. The van der Waals surface area contributed by atoms with Crippen molar-refractivity contribution in [2.24, 2.45) is 0 Å². The van der Waals surface area contributed by atoms with E-state index in [-0.39, 0.29) is 5.76 Å². The third-order valence-electron chi connectivity index (χ3n) is 1.98. The first-order valence-corrected chi connectivity index (χ1v) is 3.88. The second-order valence-corrected chi connectivity index (χ2v) is 2.86. The summed E-state index contributed by atoms with van der Waals surface area (Å²) in [4.78, 5) is 12.5. The van der Waals surface area contributed by atoms with Crippen LogP contribution in [0.3, 0.4) is 0 Å². The number of carboxylic acids is 1. The average Bonchev–Trinajstić information content (AvgIpc) is 2.48. The minimum Gasteiger partial charge on any atom is -0.475 e. The minimum atomic E-state index is -1.10. The number of hydrogen-bond acceptors (Lipinski definition) is 5. The molecule has 0 saturated heterocycles. The molecule has 0 aromatic carbocycles. The SMILES string of the molecule is CN1CCNc2c1noc2C(=O)O. The summed E-state index contributed by atoms with van der Waals surface area (Å²) in [5.74, 6) is -0.665. The Balaban J connectivity index is 2.47. The van der Waals surface area contributed by atoms with Crippen LogP contribution in [0.15, 0.2) is 4.52 Å². The van der Waals surface area contributed by atoms with Gasteiger partial charge in [0.15, 0.2) is 5.82 Å². The highest BCUT2D eigenvalue weighted by atomic mass is 16.5. The van der Waals surface area contributed by atoms with Crippen LogP contribution in [0, 0.1) is 0 Å². The van der Waals surface area contributed by atoms with Gasteiger partial charge in [-0.25, -0.2) is 4.79 Å². The van der Waals surface area contributed by atoms with Crippen molar-refractivity contribution in [3.63, 3.8) is 0 Å². The third kappa shape index (κ3) is 1.10. The topological polar surface area (TPSA) is 78.6 Å². The molecule has 2 rings (SSSR count). The Morgan fingerprint density at radius 3 is 3.23 bits per heavy atom. The predicted octanol–water partition coefficient (Wildman–Crippen LogP) is 0.234. The Hall–Kier alpha value is -1.72. The van der Waals surface area contributed by atoms with Crippen LogP contribution in [0.4, 0.5) is 11.5 Å². The van der Waals surface area contributed by atoms with Gasteiger partial charge in [-0.2, -0.15) is 0 Å². The number of rotatable bonds is 1. The Morgan fingerprint density at radius 2 is 2.54 bits per heavy atom. The summed E-state index contributed by atoms with van der Waals surface area (Å²) in [5, 5.41) is 15.3. The molecule has 0 fully saturated rings. The molecule has 0 amide bonds. The highest BCUT2D eigenvalue weighted by molar-refractivity contribution is 5.94. The van der Waals surface area contributed by atoms with E-state index in [0.717, 1.165) is 6.54 Å². The third-order valence-corrected chi connectivity index (χ3v) is 1.98. The van der Waals surface area contributed by atoms with Crippen molar-refractivity contribution in [3.05, 3.63) is 5.76 Å². The van der Waals surface area contributed by atoms with Crippen LogP contribution in [-0.4, -0.2) is 36.4 Å². The molecule has 13 heavy (non-hydrogen) atoms. The van der Waals surface area contributed by atoms with E-state index >= 15 is 0 Å². The molecule has 0 spiro atoms. The zero-order chi connectivity index (χ0) is 9.42. The number of anilines is 2. The number of fused-ring (bicyclic) bond motifs is 1. The van der Waals surface area contributed by atoms with Crippen molar-refractivity contribution in [2.45, 2.75) is 0 Å². The van der Waals surface area contributed by atoms with E-state index in [9.17, 15) is 4.79 Å². The van der Waals surface area contributed by atoms with Crippen LogP contribution >= 0.6 is 0 Å². The van der Waals surface area contributed by atoms with Gasteiger partial charge in [0.25, 0.3) is 5.76 Å². The van der Waals surface area contributed by atoms with Gasteiger partial charge in [0, 0.05) is 20.1 Å². The maximum Gasteiger partial charge on any atom is 0.377 e. The molecule has 0 saturated carbocycles. The molecule has 70 valence electrons. The van der Waals surface area contributed by atoms with Gasteiger partial charge in [-0.1, -0.05) is 5.16 Å². The van der Waals surface area contributed by atoms with E-state index in [1.807, 2.05) is 11.9 Å². The molecular weight excluding hydrogens is 174 g/mol. The Morgan fingerprint density at radius 1 is 1.77 bits per heavy atom. The average molecular weight is 183 g/mol. The molecule has 1 aliphatic rings. The van der Waals surface area contributed by atoms with E-state index in [2.05, 4.69) is 10.5 Å². The predicted molar refractivity (Wildman–Crippen MR) is 45.2 cm³/mol. The summed E-state index contributed by atoms with van der Waals surface area (Å²) in [6.07, 6.45) is 0. The first kappa shape index (κ1) is 7.90. The van der Waals surface area contributed by atoms with Gasteiger partial charge in [-0.15, -0.1) is 0 Å². The normalized spacial score (nSPS) is 15.0. The largest absolute Gasteiger partial charge is 0.475 e. The quantitative estimate of drug-likeness (QED) is 0.649. The number of nitrogens with zero attached hydrogens (tertiary/aromatic N) is 2. The number of carbonyl (C=O) groups is 1. The Kier molecular flexibility index (Phi) is 1.61. The molecule has 0 bridgehead atoms. The van der Waals surface area contributed by atoms with Gasteiger partial charge >= 0.3 is 5.97 Å². The van der Waals surface area contributed by atoms with Crippen molar-refractivity contribution >= 4 is 17.5 Å². The lowest BCUT2D eigenvalue weighted by Crippen LogP contribution is -2.30. The van der Waals surface area contributed by atoms with E-state index in [1.54, 1.807) is 0 Å². The number of likely N-dealkylation sites (N-methyl/N-ethyl adjacent to an activating group) is 1. The zero-order valence-electron chi connectivity index (χ0n) is 7.07. The highest BCUT2D eigenvalue weighted by Gasteiger charge is 2.26. The number of hydrogen-bond donors (Lipinski definition) is 2.